The summed E-state index contributed by atoms with van der Waals surface area (Å²) < 4.78 is 0. The molecule has 1 aliphatic rings. The van der Waals surface area contributed by atoms with Crippen LogP contribution in [0.3, 0.4) is 0 Å². The van der Waals surface area contributed by atoms with Crippen molar-refractivity contribution in [3.8, 4) is 0 Å². The smallest absolute Gasteiger partial charge is 0.315 e. The van der Waals surface area contributed by atoms with Crippen LogP contribution in [0.2, 0.25) is 0 Å². The second-order valence-electron chi connectivity index (χ2n) is 6.02. The Morgan fingerprint density at radius 1 is 1.32 bits per heavy atom. The van der Waals surface area contributed by atoms with Crippen molar-refractivity contribution in [2.75, 3.05) is 26.7 Å². The lowest BCUT2D eigenvalue weighted by molar-refractivity contribution is 0.209. The molecule has 2 rings (SSSR count). The quantitative estimate of drug-likeness (QED) is 0.752. The highest BCUT2D eigenvalue weighted by atomic mass is 16.3. The summed E-state index contributed by atoms with van der Waals surface area (Å²) in [5, 5.41) is 15.2. The molecule has 0 bridgehead atoms. The zero-order valence-electron chi connectivity index (χ0n) is 13.3. The van der Waals surface area contributed by atoms with E-state index in [2.05, 4.69) is 22.6 Å². The molecule has 1 saturated heterocycles. The van der Waals surface area contributed by atoms with Gasteiger partial charge in [0, 0.05) is 12.6 Å². The molecule has 1 fully saturated rings. The minimum atomic E-state index is -0.110. The molecule has 1 atom stereocenters. The number of nitrogens with one attached hydrogen (secondary N) is 2. The van der Waals surface area contributed by atoms with Gasteiger partial charge >= 0.3 is 6.03 Å². The number of urea groups is 1. The number of carbonyl (C=O) groups excluding carboxylic acids is 1. The van der Waals surface area contributed by atoms with Gasteiger partial charge in [0.05, 0.1) is 6.04 Å². The number of rotatable bonds is 6. The Kier molecular flexibility index (Phi) is 6.68. The van der Waals surface area contributed by atoms with Gasteiger partial charge in [-0.05, 0) is 51.4 Å². The summed E-state index contributed by atoms with van der Waals surface area (Å²) in [7, 11) is 2.11. The molecule has 122 valence electrons. The Balaban J connectivity index is 1.87. The average Bonchev–Trinajstić information content (AvgIpc) is 2.54. The Labute approximate surface area is 132 Å². The molecule has 3 N–H and O–H groups in total. The van der Waals surface area contributed by atoms with Crippen LogP contribution in [0.5, 0.6) is 0 Å². The van der Waals surface area contributed by atoms with E-state index in [4.69, 9.17) is 5.11 Å². The fourth-order valence-electron chi connectivity index (χ4n) is 2.84. The van der Waals surface area contributed by atoms with Crippen molar-refractivity contribution >= 4 is 6.03 Å². The Morgan fingerprint density at radius 2 is 2.00 bits per heavy atom. The number of aliphatic hydroxyl groups excluding tert-OH is 1. The monoisotopic (exact) mass is 305 g/mol. The van der Waals surface area contributed by atoms with E-state index in [0.29, 0.717) is 6.42 Å². The summed E-state index contributed by atoms with van der Waals surface area (Å²) in [6.07, 6.45) is 3.41. The van der Waals surface area contributed by atoms with Gasteiger partial charge in [0.2, 0.25) is 0 Å². The predicted molar refractivity (Wildman–Crippen MR) is 87.7 cm³/mol. The molecule has 1 unspecified atom stereocenters. The summed E-state index contributed by atoms with van der Waals surface area (Å²) in [5.41, 5.74) is 1.08. The predicted octanol–water partition coefficient (Wildman–Crippen LogP) is 1.89. The van der Waals surface area contributed by atoms with Crippen molar-refractivity contribution in [3.05, 3.63) is 35.9 Å². The highest BCUT2D eigenvalue weighted by molar-refractivity contribution is 5.74. The zero-order chi connectivity index (χ0) is 15.8. The van der Waals surface area contributed by atoms with E-state index in [1.165, 1.54) is 0 Å². The van der Waals surface area contributed by atoms with Crippen molar-refractivity contribution in [1.82, 2.24) is 15.5 Å². The Bertz CT molecular complexity index is 444. The molecule has 0 spiro atoms. The maximum atomic E-state index is 12.2. The van der Waals surface area contributed by atoms with E-state index in [1.54, 1.807) is 0 Å². The molecule has 1 aromatic carbocycles. The third-order valence-corrected chi connectivity index (χ3v) is 4.21. The molecular weight excluding hydrogens is 278 g/mol. The van der Waals surface area contributed by atoms with Gasteiger partial charge in [-0.1, -0.05) is 30.3 Å². The Morgan fingerprint density at radius 3 is 2.64 bits per heavy atom. The van der Waals surface area contributed by atoms with Gasteiger partial charge in [0.25, 0.3) is 0 Å². The lowest BCUT2D eigenvalue weighted by Gasteiger charge is -2.30. The summed E-state index contributed by atoms with van der Waals surface area (Å²) in [6, 6.07) is 10.0. The number of aliphatic hydroxyl groups is 1. The molecular formula is C17H27N3O2. The van der Waals surface area contributed by atoms with E-state index < -0.39 is 0 Å². The molecule has 0 saturated carbocycles. The van der Waals surface area contributed by atoms with E-state index >= 15 is 0 Å². The molecule has 1 aliphatic heterocycles. The molecule has 0 aromatic heterocycles. The molecule has 0 aliphatic carbocycles. The normalized spacial score (nSPS) is 17.9. The van der Waals surface area contributed by atoms with E-state index in [1.807, 2.05) is 30.3 Å². The first-order valence-corrected chi connectivity index (χ1v) is 8.10. The van der Waals surface area contributed by atoms with Crippen molar-refractivity contribution < 1.29 is 9.90 Å². The topological polar surface area (TPSA) is 64.6 Å². The van der Waals surface area contributed by atoms with Gasteiger partial charge in [-0.25, -0.2) is 4.79 Å². The second-order valence-corrected chi connectivity index (χ2v) is 6.02. The summed E-state index contributed by atoms with van der Waals surface area (Å²) in [6.45, 7) is 2.19. The third kappa shape index (κ3) is 5.31. The van der Waals surface area contributed by atoms with Crippen LogP contribution in [0.15, 0.2) is 30.3 Å². The minimum Gasteiger partial charge on any atom is -0.396 e. The van der Waals surface area contributed by atoms with Crippen LogP contribution in [0.25, 0.3) is 0 Å². The largest absolute Gasteiger partial charge is 0.396 e. The van der Waals surface area contributed by atoms with Gasteiger partial charge in [-0.2, -0.15) is 0 Å². The van der Waals surface area contributed by atoms with Crippen LogP contribution in [0.1, 0.15) is 37.3 Å². The fourth-order valence-corrected chi connectivity index (χ4v) is 2.84. The van der Waals surface area contributed by atoms with Crippen LogP contribution in [-0.2, 0) is 0 Å². The van der Waals surface area contributed by atoms with E-state index in [9.17, 15) is 4.79 Å². The number of carbonyl (C=O) groups is 1. The molecule has 5 nitrogen and oxygen atoms in total. The maximum Gasteiger partial charge on any atom is 0.315 e. The highest BCUT2D eigenvalue weighted by Crippen LogP contribution is 2.18. The van der Waals surface area contributed by atoms with Crippen LogP contribution in [0, 0.1) is 0 Å². The highest BCUT2D eigenvalue weighted by Gasteiger charge is 2.20. The fraction of sp³-hybridized carbons (Fsp3) is 0.588. The Hall–Kier alpha value is -1.59. The average molecular weight is 305 g/mol. The number of hydrogen-bond donors (Lipinski definition) is 3. The van der Waals surface area contributed by atoms with E-state index in [0.717, 1.165) is 37.9 Å². The van der Waals surface area contributed by atoms with Crippen molar-refractivity contribution in [2.24, 2.45) is 0 Å². The minimum absolute atomic E-state index is 0.0559. The van der Waals surface area contributed by atoms with Gasteiger partial charge in [-0.3, -0.25) is 0 Å². The summed E-state index contributed by atoms with van der Waals surface area (Å²) in [5.74, 6) is 0. The summed E-state index contributed by atoms with van der Waals surface area (Å²) >= 11 is 0. The second kappa shape index (κ2) is 8.76. The van der Waals surface area contributed by atoms with Crippen molar-refractivity contribution in [2.45, 2.75) is 37.8 Å². The molecule has 1 aromatic rings. The number of piperidine rings is 1. The number of benzene rings is 1. The number of nitrogens with zero attached hydrogens (tertiary/aromatic N) is 1. The van der Waals surface area contributed by atoms with Crippen molar-refractivity contribution in [1.29, 1.82) is 0 Å². The lowest BCUT2D eigenvalue weighted by atomic mass is 10.0. The number of amides is 2. The van der Waals surface area contributed by atoms with Crippen LogP contribution >= 0.6 is 0 Å². The summed E-state index contributed by atoms with van der Waals surface area (Å²) in [4.78, 5) is 14.5. The van der Waals surface area contributed by atoms with Gasteiger partial charge in [-0.15, -0.1) is 0 Å². The van der Waals surface area contributed by atoms with Crippen LogP contribution in [-0.4, -0.2) is 48.8 Å². The van der Waals surface area contributed by atoms with E-state index in [-0.39, 0.29) is 24.7 Å². The standard InChI is InChI=1S/C17H27N3O2/c1-20-11-9-15(10-12-20)18-17(22)19-16(8-5-13-21)14-6-3-2-4-7-14/h2-4,6-7,15-16,21H,5,8-13H2,1H3,(H2,18,19,22). The number of likely N-dealkylation sites (tertiary alicyclic amines) is 1. The van der Waals surface area contributed by atoms with Gasteiger partial charge in [0.15, 0.2) is 0 Å². The molecule has 2 amide bonds. The molecule has 22 heavy (non-hydrogen) atoms. The van der Waals surface area contributed by atoms with Crippen LogP contribution < -0.4 is 10.6 Å². The van der Waals surface area contributed by atoms with Gasteiger partial charge in [0.1, 0.15) is 0 Å². The van der Waals surface area contributed by atoms with Gasteiger partial charge < -0.3 is 20.6 Å². The van der Waals surface area contributed by atoms with Crippen LogP contribution in [0.4, 0.5) is 4.79 Å². The first-order chi connectivity index (χ1) is 10.7. The molecule has 5 heteroatoms. The third-order valence-electron chi connectivity index (χ3n) is 4.21. The zero-order valence-corrected chi connectivity index (χ0v) is 13.3. The molecule has 0 radical (unpaired) electrons. The SMILES string of the molecule is CN1CCC(NC(=O)NC(CCCO)c2ccccc2)CC1. The lowest BCUT2D eigenvalue weighted by Crippen LogP contribution is -2.47. The maximum absolute atomic E-state index is 12.2. The first-order valence-electron chi connectivity index (χ1n) is 8.10. The first kappa shape index (κ1) is 16.8. The number of hydrogen-bond acceptors (Lipinski definition) is 3. The molecule has 1 heterocycles. The van der Waals surface area contributed by atoms with Crippen molar-refractivity contribution in [3.63, 3.8) is 0 Å².